The number of aromatic amines is 1. The highest BCUT2D eigenvalue weighted by Crippen LogP contribution is 2.18. The molecule has 1 saturated heterocycles. The fourth-order valence-electron chi connectivity index (χ4n) is 3.06. The number of aromatic nitrogens is 2. The van der Waals surface area contributed by atoms with Crippen LogP contribution in [0.3, 0.4) is 0 Å². The number of carbonyl (C=O) groups is 2. The van der Waals surface area contributed by atoms with Crippen molar-refractivity contribution in [2.75, 3.05) is 44.7 Å². The van der Waals surface area contributed by atoms with Gasteiger partial charge >= 0.3 is 0 Å². The smallest absolute Gasteiger partial charge is 0.273 e. The Kier molecular flexibility index (Phi) is 6.78. The minimum Gasteiger partial charge on any atom is -0.379 e. The van der Waals surface area contributed by atoms with Crippen molar-refractivity contribution < 1.29 is 14.3 Å². The van der Waals surface area contributed by atoms with Gasteiger partial charge in [-0.05, 0) is 44.5 Å². The number of anilines is 1. The van der Waals surface area contributed by atoms with E-state index in [4.69, 9.17) is 4.74 Å². The molecular weight excluding hydrogens is 358 g/mol. The number of nitrogens with one attached hydrogen (secondary N) is 3. The third-order valence-corrected chi connectivity index (χ3v) is 4.74. The van der Waals surface area contributed by atoms with Crippen molar-refractivity contribution >= 4 is 17.5 Å². The van der Waals surface area contributed by atoms with E-state index in [-0.39, 0.29) is 11.8 Å². The number of aryl methyl sites for hydroxylation is 2. The van der Waals surface area contributed by atoms with Crippen LogP contribution in [0.1, 0.15) is 38.7 Å². The fourth-order valence-corrected chi connectivity index (χ4v) is 3.06. The molecule has 8 nitrogen and oxygen atoms in total. The number of H-pyrrole nitrogens is 1. The van der Waals surface area contributed by atoms with E-state index in [1.54, 1.807) is 19.1 Å². The van der Waals surface area contributed by atoms with E-state index in [0.29, 0.717) is 29.3 Å². The van der Waals surface area contributed by atoms with Gasteiger partial charge in [-0.25, -0.2) is 4.98 Å². The van der Waals surface area contributed by atoms with E-state index in [2.05, 4.69) is 25.5 Å². The largest absolute Gasteiger partial charge is 0.379 e. The Labute approximate surface area is 164 Å². The van der Waals surface area contributed by atoms with Crippen molar-refractivity contribution in [3.63, 3.8) is 0 Å². The quantitative estimate of drug-likeness (QED) is 0.631. The lowest BCUT2D eigenvalue weighted by Crippen LogP contribution is -2.38. The highest BCUT2D eigenvalue weighted by Gasteiger charge is 2.13. The minimum atomic E-state index is -0.285. The van der Waals surface area contributed by atoms with Crippen LogP contribution >= 0.6 is 0 Å². The molecule has 1 aliphatic rings. The molecule has 0 radical (unpaired) electrons. The second-order valence-electron chi connectivity index (χ2n) is 6.93. The number of hydrogen-bond acceptors (Lipinski definition) is 5. The van der Waals surface area contributed by atoms with Crippen LogP contribution in [0.4, 0.5) is 5.69 Å². The van der Waals surface area contributed by atoms with Crippen molar-refractivity contribution in [2.24, 2.45) is 0 Å². The zero-order valence-electron chi connectivity index (χ0n) is 16.4. The number of nitrogens with zero attached hydrogens (tertiary/aromatic N) is 2. The van der Waals surface area contributed by atoms with Crippen LogP contribution in [0.5, 0.6) is 0 Å². The van der Waals surface area contributed by atoms with E-state index in [0.717, 1.165) is 44.8 Å². The molecule has 2 aromatic rings. The second kappa shape index (κ2) is 9.48. The van der Waals surface area contributed by atoms with Crippen molar-refractivity contribution in [1.82, 2.24) is 20.2 Å². The zero-order chi connectivity index (χ0) is 19.9. The monoisotopic (exact) mass is 385 g/mol. The van der Waals surface area contributed by atoms with Crippen molar-refractivity contribution in [1.29, 1.82) is 0 Å². The molecule has 0 aliphatic carbocycles. The van der Waals surface area contributed by atoms with Gasteiger partial charge in [0.25, 0.3) is 11.8 Å². The van der Waals surface area contributed by atoms with Crippen LogP contribution in [-0.4, -0.2) is 66.1 Å². The molecule has 1 aromatic heterocycles. The number of benzene rings is 1. The van der Waals surface area contributed by atoms with E-state index in [9.17, 15) is 9.59 Å². The third-order valence-electron chi connectivity index (χ3n) is 4.74. The van der Waals surface area contributed by atoms with Gasteiger partial charge < -0.3 is 20.4 Å². The maximum Gasteiger partial charge on any atom is 0.273 e. The maximum absolute atomic E-state index is 12.4. The summed E-state index contributed by atoms with van der Waals surface area (Å²) in [7, 11) is 0. The molecular formula is C20H27N5O3. The van der Waals surface area contributed by atoms with Gasteiger partial charge in [0.05, 0.1) is 19.4 Å². The van der Waals surface area contributed by atoms with Gasteiger partial charge in [-0.15, -0.1) is 0 Å². The first-order chi connectivity index (χ1) is 13.5. The first-order valence-corrected chi connectivity index (χ1v) is 9.55. The van der Waals surface area contributed by atoms with Crippen molar-refractivity contribution in [2.45, 2.75) is 20.3 Å². The molecule has 3 N–H and O–H groups in total. The zero-order valence-corrected chi connectivity index (χ0v) is 16.4. The topological polar surface area (TPSA) is 99.3 Å². The molecule has 0 atom stereocenters. The standard InChI is InChI=1S/C20H27N5O3/c1-14-4-5-16(12-17(14)24-20(27)18-13-22-15(2)23-18)19(26)21-6-3-7-25-8-10-28-11-9-25/h4-5,12-13H,3,6-11H2,1-2H3,(H,21,26)(H,22,23)(H,24,27). The summed E-state index contributed by atoms with van der Waals surface area (Å²) in [5.74, 6) is 0.244. The number of rotatable bonds is 7. The van der Waals surface area contributed by atoms with Gasteiger partial charge in [0.15, 0.2) is 0 Å². The van der Waals surface area contributed by atoms with Crippen LogP contribution in [0.15, 0.2) is 24.4 Å². The Morgan fingerprint density at radius 1 is 1.21 bits per heavy atom. The molecule has 1 aliphatic heterocycles. The minimum absolute atomic E-state index is 0.144. The Hall–Kier alpha value is -2.71. The lowest BCUT2D eigenvalue weighted by molar-refractivity contribution is 0.0374. The number of carbonyl (C=O) groups excluding carboxylic acids is 2. The van der Waals surface area contributed by atoms with Gasteiger partial charge in [-0.1, -0.05) is 6.07 Å². The van der Waals surface area contributed by atoms with Crippen LogP contribution in [0, 0.1) is 13.8 Å². The van der Waals surface area contributed by atoms with Crippen LogP contribution < -0.4 is 10.6 Å². The summed E-state index contributed by atoms with van der Waals surface area (Å²) < 4.78 is 5.33. The van der Waals surface area contributed by atoms with Gasteiger partial charge in [-0.2, -0.15) is 0 Å². The molecule has 8 heteroatoms. The molecule has 1 aromatic carbocycles. The summed E-state index contributed by atoms with van der Waals surface area (Å²) in [6, 6.07) is 5.30. The van der Waals surface area contributed by atoms with Crippen LogP contribution in [-0.2, 0) is 4.74 Å². The SMILES string of the molecule is Cc1ncc(C(=O)Nc2cc(C(=O)NCCCN3CCOCC3)ccc2C)[nH]1. The molecule has 1 fully saturated rings. The summed E-state index contributed by atoms with van der Waals surface area (Å²) >= 11 is 0. The lowest BCUT2D eigenvalue weighted by atomic mass is 10.1. The maximum atomic E-state index is 12.4. The van der Waals surface area contributed by atoms with E-state index in [1.807, 2.05) is 13.0 Å². The number of ether oxygens (including phenoxy) is 1. The van der Waals surface area contributed by atoms with Crippen molar-refractivity contribution in [3.05, 3.63) is 47.0 Å². The van der Waals surface area contributed by atoms with E-state index < -0.39 is 0 Å². The normalized spacial score (nSPS) is 14.6. The molecule has 0 saturated carbocycles. The number of morpholine rings is 1. The predicted octanol–water partition coefficient (Wildman–Crippen LogP) is 1.73. The van der Waals surface area contributed by atoms with Crippen molar-refractivity contribution in [3.8, 4) is 0 Å². The van der Waals surface area contributed by atoms with Gasteiger partial charge in [-0.3, -0.25) is 14.5 Å². The van der Waals surface area contributed by atoms with Gasteiger partial charge in [0.1, 0.15) is 11.5 Å². The number of amides is 2. The summed E-state index contributed by atoms with van der Waals surface area (Å²) in [5, 5.41) is 5.78. The predicted molar refractivity (Wildman–Crippen MR) is 107 cm³/mol. The van der Waals surface area contributed by atoms with Gasteiger partial charge in [0, 0.05) is 30.9 Å². The molecule has 2 heterocycles. The molecule has 150 valence electrons. The summed E-state index contributed by atoms with van der Waals surface area (Å²) in [6.07, 6.45) is 2.38. The third kappa shape index (κ3) is 5.40. The number of imidazole rings is 1. The molecule has 0 unspecified atom stereocenters. The van der Waals surface area contributed by atoms with E-state index >= 15 is 0 Å². The second-order valence-corrected chi connectivity index (χ2v) is 6.93. The first kappa shape index (κ1) is 20.0. The van der Waals surface area contributed by atoms with Crippen LogP contribution in [0.25, 0.3) is 0 Å². The number of hydrogen-bond donors (Lipinski definition) is 3. The van der Waals surface area contributed by atoms with Gasteiger partial charge in [0.2, 0.25) is 0 Å². The Balaban J connectivity index is 1.52. The van der Waals surface area contributed by atoms with E-state index in [1.165, 1.54) is 6.20 Å². The summed E-state index contributed by atoms with van der Waals surface area (Å²) in [4.78, 5) is 34.0. The molecule has 0 spiro atoms. The highest BCUT2D eigenvalue weighted by molar-refractivity contribution is 6.04. The van der Waals surface area contributed by atoms with Crippen LogP contribution in [0.2, 0.25) is 0 Å². The lowest BCUT2D eigenvalue weighted by Gasteiger charge is -2.26. The Bertz CT molecular complexity index is 827. The Morgan fingerprint density at radius 3 is 2.71 bits per heavy atom. The average molecular weight is 385 g/mol. The molecule has 0 bridgehead atoms. The highest BCUT2D eigenvalue weighted by atomic mass is 16.5. The summed E-state index contributed by atoms with van der Waals surface area (Å²) in [6.45, 7) is 8.69. The fraction of sp³-hybridized carbons (Fsp3) is 0.450. The molecule has 28 heavy (non-hydrogen) atoms. The molecule has 2 amide bonds. The molecule has 3 rings (SSSR count). The average Bonchev–Trinajstić information content (AvgIpc) is 3.14. The first-order valence-electron chi connectivity index (χ1n) is 9.55. The summed E-state index contributed by atoms with van der Waals surface area (Å²) in [5.41, 5.74) is 2.40. The Morgan fingerprint density at radius 2 is 2.00 bits per heavy atom.